The van der Waals surface area contributed by atoms with Crippen molar-refractivity contribution < 1.29 is 15.0 Å². The Morgan fingerprint density at radius 2 is 2.07 bits per heavy atom. The normalized spacial score (nSPS) is 12.4. The molecule has 3 heteroatoms. The van der Waals surface area contributed by atoms with E-state index in [0.717, 1.165) is 0 Å². The lowest BCUT2D eigenvalue weighted by molar-refractivity contribution is 0.0695. The molecule has 2 N–H and O–H groups in total. The fourth-order valence-corrected chi connectivity index (χ4v) is 1.31. The summed E-state index contributed by atoms with van der Waals surface area (Å²) < 4.78 is 0. The fraction of sp³-hybridized carbons (Fsp3) is 0.364. The molecule has 0 aliphatic carbocycles. The average Bonchev–Trinajstić information content (AvgIpc) is 2.18. The summed E-state index contributed by atoms with van der Waals surface area (Å²) in [5, 5.41) is 18.3. The molecule has 76 valence electrons. The van der Waals surface area contributed by atoms with Crippen LogP contribution in [0.4, 0.5) is 0 Å². The van der Waals surface area contributed by atoms with Crippen LogP contribution in [-0.2, 0) is 6.42 Å². The van der Waals surface area contributed by atoms with Crippen molar-refractivity contribution in [1.29, 1.82) is 0 Å². The minimum atomic E-state index is -0.941. The summed E-state index contributed by atoms with van der Waals surface area (Å²) in [6, 6.07) is 6.76. The molecule has 0 bridgehead atoms. The van der Waals surface area contributed by atoms with Crippen molar-refractivity contribution in [3.05, 3.63) is 35.4 Å². The van der Waals surface area contributed by atoms with Crippen LogP contribution in [0.3, 0.4) is 0 Å². The van der Waals surface area contributed by atoms with E-state index < -0.39 is 12.1 Å². The van der Waals surface area contributed by atoms with Crippen LogP contribution >= 0.6 is 0 Å². The number of aliphatic hydroxyl groups is 1. The van der Waals surface area contributed by atoms with E-state index in [4.69, 9.17) is 5.11 Å². The van der Waals surface area contributed by atoms with E-state index in [-0.39, 0.29) is 5.56 Å². The van der Waals surface area contributed by atoms with E-state index in [1.807, 2.05) is 6.92 Å². The van der Waals surface area contributed by atoms with E-state index in [0.29, 0.717) is 18.4 Å². The van der Waals surface area contributed by atoms with Crippen molar-refractivity contribution in [3.8, 4) is 0 Å². The van der Waals surface area contributed by atoms with Crippen LogP contribution in [-0.4, -0.2) is 22.3 Å². The molecule has 0 aromatic heterocycles. The van der Waals surface area contributed by atoms with Crippen molar-refractivity contribution in [2.45, 2.75) is 25.9 Å². The second-order valence-corrected chi connectivity index (χ2v) is 3.23. The van der Waals surface area contributed by atoms with Gasteiger partial charge in [-0.3, -0.25) is 0 Å². The van der Waals surface area contributed by atoms with Gasteiger partial charge in [0, 0.05) is 0 Å². The van der Waals surface area contributed by atoms with Crippen LogP contribution in [0.5, 0.6) is 0 Å². The minimum Gasteiger partial charge on any atom is -0.478 e. The summed E-state index contributed by atoms with van der Waals surface area (Å²) in [4.78, 5) is 10.8. The molecule has 1 aromatic rings. The molecule has 1 unspecified atom stereocenters. The molecule has 0 saturated carbocycles. The highest BCUT2D eigenvalue weighted by atomic mass is 16.4. The van der Waals surface area contributed by atoms with Crippen molar-refractivity contribution in [3.63, 3.8) is 0 Å². The third-order valence-corrected chi connectivity index (χ3v) is 2.17. The van der Waals surface area contributed by atoms with Crippen LogP contribution < -0.4 is 0 Å². The number of aromatic carboxylic acids is 1. The van der Waals surface area contributed by atoms with E-state index in [2.05, 4.69) is 0 Å². The molecule has 0 aliphatic rings. The average molecular weight is 194 g/mol. The zero-order chi connectivity index (χ0) is 10.6. The quantitative estimate of drug-likeness (QED) is 0.767. The molecule has 0 amide bonds. The molecule has 1 atom stereocenters. The molecule has 0 spiro atoms. The van der Waals surface area contributed by atoms with Crippen LogP contribution in [0.2, 0.25) is 0 Å². The largest absolute Gasteiger partial charge is 0.478 e. The smallest absolute Gasteiger partial charge is 0.335 e. The van der Waals surface area contributed by atoms with Crippen LogP contribution in [0, 0.1) is 0 Å². The third-order valence-electron chi connectivity index (χ3n) is 2.17. The molecule has 1 rings (SSSR count). The molecule has 3 nitrogen and oxygen atoms in total. The molecule has 0 saturated heterocycles. The van der Waals surface area contributed by atoms with Crippen molar-refractivity contribution in [2.24, 2.45) is 0 Å². The summed E-state index contributed by atoms with van der Waals surface area (Å²) in [7, 11) is 0. The second kappa shape index (κ2) is 4.77. The van der Waals surface area contributed by atoms with Crippen LogP contribution in [0.15, 0.2) is 24.3 Å². The Bertz CT molecular complexity index is 320. The van der Waals surface area contributed by atoms with Gasteiger partial charge in [-0.25, -0.2) is 4.79 Å². The third kappa shape index (κ3) is 2.57. The van der Waals surface area contributed by atoms with Gasteiger partial charge in [-0.2, -0.15) is 0 Å². The van der Waals surface area contributed by atoms with Gasteiger partial charge in [-0.05, 0) is 24.5 Å². The number of hydrogen-bond acceptors (Lipinski definition) is 2. The molecule has 14 heavy (non-hydrogen) atoms. The Kier molecular flexibility index (Phi) is 3.65. The highest BCUT2D eigenvalue weighted by molar-refractivity contribution is 5.89. The van der Waals surface area contributed by atoms with Gasteiger partial charge in [0.05, 0.1) is 11.7 Å². The summed E-state index contributed by atoms with van der Waals surface area (Å²) in [6.07, 6.45) is 0.572. The number of hydrogen-bond donors (Lipinski definition) is 2. The number of carbonyl (C=O) groups is 1. The summed E-state index contributed by atoms with van der Waals surface area (Å²) in [6.45, 7) is 1.87. The van der Waals surface area contributed by atoms with Gasteiger partial charge < -0.3 is 10.2 Å². The van der Waals surface area contributed by atoms with E-state index >= 15 is 0 Å². The van der Waals surface area contributed by atoms with E-state index in [1.54, 1.807) is 24.3 Å². The lowest BCUT2D eigenvalue weighted by Crippen LogP contribution is -2.12. The monoisotopic (exact) mass is 194 g/mol. The maximum atomic E-state index is 10.8. The second-order valence-electron chi connectivity index (χ2n) is 3.23. The molecular formula is C11H14O3. The summed E-state index contributed by atoms with van der Waals surface area (Å²) in [5.74, 6) is -0.941. The van der Waals surface area contributed by atoms with Gasteiger partial charge in [-0.1, -0.05) is 25.1 Å². The molecule has 0 heterocycles. The van der Waals surface area contributed by atoms with Crippen molar-refractivity contribution in [1.82, 2.24) is 0 Å². The zero-order valence-electron chi connectivity index (χ0n) is 8.10. The first-order valence-electron chi connectivity index (χ1n) is 4.64. The highest BCUT2D eigenvalue weighted by Crippen LogP contribution is 2.12. The van der Waals surface area contributed by atoms with Crippen LogP contribution in [0.1, 0.15) is 29.3 Å². The first-order chi connectivity index (χ1) is 6.65. The molecule has 0 fully saturated rings. The molecule has 0 aliphatic heterocycles. The maximum Gasteiger partial charge on any atom is 0.335 e. The Morgan fingerprint density at radius 1 is 1.43 bits per heavy atom. The maximum absolute atomic E-state index is 10.8. The number of carboxylic acids is 1. The van der Waals surface area contributed by atoms with Crippen molar-refractivity contribution in [2.75, 3.05) is 0 Å². The van der Waals surface area contributed by atoms with Gasteiger partial charge in [-0.15, -0.1) is 0 Å². The number of benzene rings is 1. The Hall–Kier alpha value is -1.35. The lowest BCUT2D eigenvalue weighted by Gasteiger charge is -2.09. The standard InChI is InChI=1S/C11H14O3/c1-2-9(12)7-8-5-3-4-6-10(8)11(13)14/h3-6,9,12H,2,7H2,1H3,(H,13,14). The SMILES string of the molecule is CCC(O)Cc1ccccc1C(=O)O. The molecule has 1 aromatic carbocycles. The Balaban J connectivity index is 2.90. The van der Waals surface area contributed by atoms with Crippen molar-refractivity contribution >= 4 is 5.97 Å². The van der Waals surface area contributed by atoms with Gasteiger partial charge in [0.1, 0.15) is 0 Å². The van der Waals surface area contributed by atoms with Crippen LogP contribution in [0.25, 0.3) is 0 Å². The highest BCUT2D eigenvalue weighted by Gasteiger charge is 2.11. The van der Waals surface area contributed by atoms with Gasteiger partial charge in [0.15, 0.2) is 0 Å². The Morgan fingerprint density at radius 3 is 2.64 bits per heavy atom. The number of carboxylic acid groups (broad SMARTS) is 1. The first kappa shape index (κ1) is 10.7. The summed E-state index contributed by atoms with van der Waals surface area (Å²) >= 11 is 0. The van der Waals surface area contributed by atoms with Gasteiger partial charge in [0.25, 0.3) is 0 Å². The lowest BCUT2D eigenvalue weighted by atomic mass is 10.0. The predicted octanol–water partition coefficient (Wildman–Crippen LogP) is 1.70. The first-order valence-corrected chi connectivity index (χ1v) is 4.64. The Labute approximate surface area is 83.0 Å². The van der Waals surface area contributed by atoms with E-state index in [1.165, 1.54) is 0 Å². The minimum absolute atomic E-state index is 0.278. The number of aliphatic hydroxyl groups excluding tert-OH is 1. The fourth-order valence-electron chi connectivity index (χ4n) is 1.31. The molecule has 0 radical (unpaired) electrons. The van der Waals surface area contributed by atoms with E-state index in [9.17, 15) is 9.90 Å². The van der Waals surface area contributed by atoms with Gasteiger partial charge in [0.2, 0.25) is 0 Å². The summed E-state index contributed by atoms with van der Waals surface area (Å²) in [5.41, 5.74) is 0.967. The molecular weight excluding hydrogens is 180 g/mol. The topological polar surface area (TPSA) is 57.5 Å². The zero-order valence-corrected chi connectivity index (χ0v) is 8.10. The predicted molar refractivity (Wildman–Crippen MR) is 53.4 cm³/mol. The van der Waals surface area contributed by atoms with Gasteiger partial charge >= 0.3 is 5.97 Å². The number of rotatable bonds is 4.